The van der Waals surface area contributed by atoms with Crippen LogP contribution in [0, 0.1) is 11.3 Å². The minimum atomic E-state index is -1.83. The van der Waals surface area contributed by atoms with E-state index in [0.29, 0.717) is 12.3 Å². The number of hydrogen-bond acceptors (Lipinski definition) is 2. The summed E-state index contributed by atoms with van der Waals surface area (Å²) in [5.74, 6) is 0.682. The molecule has 0 aromatic carbocycles. The largest absolute Gasteiger partial charge is 0.503 e. The molecule has 0 spiro atoms. The Hall–Kier alpha value is -0.950. The first-order valence-electron chi connectivity index (χ1n) is 3.00. The zero-order valence-corrected chi connectivity index (χ0v) is 6.71. The molecule has 0 heterocycles. The van der Waals surface area contributed by atoms with Crippen molar-refractivity contribution in [2.75, 3.05) is 5.88 Å². The van der Waals surface area contributed by atoms with Crippen LogP contribution in [0.2, 0.25) is 0 Å². The molecule has 4 nitrogen and oxygen atoms in total. The van der Waals surface area contributed by atoms with Gasteiger partial charge in [0.2, 0.25) is 0 Å². The molecule has 0 saturated heterocycles. The Kier molecular flexibility index (Phi) is 13.6. The number of carboxylic acid groups (broad SMARTS) is 2. The second kappa shape index (κ2) is 11.8. The predicted octanol–water partition coefficient (Wildman–Crippen LogP) is 2.14. The second-order valence-electron chi connectivity index (χ2n) is 1.59. The van der Waals surface area contributed by atoms with E-state index in [-0.39, 0.29) is 0 Å². The van der Waals surface area contributed by atoms with Gasteiger partial charge in [-0.05, 0) is 12.8 Å². The van der Waals surface area contributed by atoms with Crippen LogP contribution in [0.1, 0.15) is 19.3 Å². The highest BCUT2D eigenvalue weighted by Crippen LogP contribution is 1.93. The molecule has 0 atom stereocenters. The van der Waals surface area contributed by atoms with Crippen molar-refractivity contribution in [2.45, 2.75) is 19.3 Å². The first-order chi connectivity index (χ1) is 5.15. The summed E-state index contributed by atoms with van der Waals surface area (Å²) in [7, 11) is 0. The van der Waals surface area contributed by atoms with Crippen molar-refractivity contribution in [3.05, 3.63) is 0 Å². The van der Waals surface area contributed by atoms with Crippen LogP contribution < -0.4 is 0 Å². The molecular formula is C6H10ClNO3. The summed E-state index contributed by atoms with van der Waals surface area (Å²) in [6.45, 7) is 0. The molecule has 0 unspecified atom stereocenters. The Bertz CT molecular complexity index is 128. The normalized spacial score (nSPS) is 7.27. The molecule has 0 aliphatic carbocycles. The van der Waals surface area contributed by atoms with Gasteiger partial charge in [0.25, 0.3) is 0 Å². The van der Waals surface area contributed by atoms with Gasteiger partial charge < -0.3 is 10.2 Å². The molecule has 0 aromatic heterocycles. The van der Waals surface area contributed by atoms with Gasteiger partial charge in [0.15, 0.2) is 0 Å². The topological polar surface area (TPSA) is 81.3 Å². The third-order valence-electron chi connectivity index (χ3n) is 0.672. The van der Waals surface area contributed by atoms with Gasteiger partial charge >= 0.3 is 6.16 Å². The van der Waals surface area contributed by atoms with E-state index in [1.54, 1.807) is 0 Å². The Morgan fingerprint density at radius 1 is 1.45 bits per heavy atom. The van der Waals surface area contributed by atoms with E-state index in [4.69, 9.17) is 31.9 Å². The van der Waals surface area contributed by atoms with E-state index in [1.807, 2.05) is 6.07 Å². The predicted molar refractivity (Wildman–Crippen MR) is 40.8 cm³/mol. The van der Waals surface area contributed by atoms with Crippen molar-refractivity contribution in [2.24, 2.45) is 0 Å². The van der Waals surface area contributed by atoms with Gasteiger partial charge in [0.1, 0.15) is 0 Å². The smallest absolute Gasteiger partial charge is 0.450 e. The van der Waals surface area contributed by atoms with Crippen LogP contribution in [0.15, 0.2) is 0 Å². The molecule has 0 bridgehead atoms. The van der Waals surface area contributed by atoms with Gasteiger partial charge in [0, 0.05) is 12.3 Å². The Morgan fingerprint density at radius 2 is 1.91 bits per heavy atom. The average molecular weight is 180 g/mol. The molecule has 0 amide bonds. The Morgan fingerprint density at radius 3 is 2.18 bits per heavy atom. The molecule has 11 heavy (non-hydrogen) atoms. The van der Waals surface area contributed by atoms with E-state index < -0.39 is 6.16 Å². The zero-order valence-electron chi connectivity index (χ0n) is 5.96. The zero-order chi connectivity index (χ0) is 9.11. The summed E-state index contributed by atoms with van der Waals surface area (Å²) in [4.78, 5) is 8.56. The minimum Gasteiger partial charge on any atom is -0.450 e. The number of nitriles is 1. The number of unbranched alkanes of at least 4 members (excludes halogenated alkanes) is 2. The summed E-state index contributed by atoms with van der Waals surface area (Å²) in [6.07, 6.45) is 0.724. The second-order valence-corrected chi connectivity index (χ2v) is 1.96. The van der Waals surface area contributed by atoms with Crippen LogP contribution in [0.5, 0.6) is 0 Å². The molecular weight excluding hydrogens is 170 g/mol. The van der Waals surface area contributed by atoms with Gasteiger partial charge in [-0.15, -0.1) is 11.6 Å². The van der Waals surface area contributed by atoms with Crippen molar-refractivity contribution in [3.8, 4) is 6.07 Å². The van der Waals surface area contributed by atoms with Crippen molar-refractivity contribution in [1.82, 2.24) is 0 Å². The number of rotatable bonds is 3. The maximum Gasteiger partial charge on any atom is 0.503 e. The summed E-state index contributed by atoms with van der Waals surface area (Å²) in [5, 5.41) is 21.9. The molecule has 0 aliphatic rings. The first-order valence-corrected chi connectivity index (χ1v) is 3.53. The molecule has 2 N–H and O–H groups in total. The van der Waals surface area contributed by atoms with Crippen LogP contribution in [0.3, 0.4) is 0 Å². The number of alkyl halides is 1. The minimum absolute atomic E-state index is 0.646. The molecule has 64 valence electrons. The van der Waals surface area contributed by atoms with E-state index in [1.165, 1.54) is 0 Å². The monoisotopic (exact) mass is 179 g/mol. The highest BCUT2D eigenvalue weighted by atomic mass is 35.5. The molecule has 0 fully saturated rings. The van der Waals surface area contributed by atoms with Crippen LogP contribution in [0.25, 0.3) is 0 Å². The fraction of sp³-hybridized carbons (Fsp3) is 0.667. The van der Waals surface area contributed by atoms with E-state index >= 15 is 0 Å². The van der Waals surface area contributed by atoms with Gasteiger partial charge in [0.05, 0.1) is 6.07 Å². The first kappa shape index (κ1) is 12.7. The number of halogens is 1. The molecule has 5 heteroatoms. The molecule has 0 saturated carbocycles. The van der Waals surface area contributed by atoms with Crippen molar-refractivity contribution in [3.63, 3.8) is 0 Å². The third kappa shape index (κ3) is 48.4. The highest BCUT2D eigenvalue weighted by molar-refractivity contribution is 6.17. The molecule has 0 aliphatic heterocycles. The lowest BCUT2D eigenvalue weighted by atomic mass is 10.3. The summed E-state index contributed by atoms with van der Waals surface area (Å²) < 4.78 is 0. The molecule has 0 aromatic rings. The van der Waals surface area contributed by atoms with Crippen LogP contribution in [-0.4, -0.2) is 22.2 Å². The van der Waals surface area contributed by atoms with Gasteiger partial charge in [-0.1, -0.05) is 0 Å². The van der Waals surface area contributed by atoms with Crippen molar-refractivity contribution < 1.29 is 15.0 Å². The summed E-state index contributed by atoms with van der Waals surface area (Å²) in [5.41, 5.74) is 0. The quantitative estimate of drug-likeness (QED) is 0.514. The third-order valence-corrected chi connectivity index (χ3v) is 0.939. The van der Waals surface area contributed by atoms with Crippen molar-refractivity contribution in [1.29, 1.82) is 5.26 Å². The number of hydrogen-bond donors (Lipinski definition) is 2. The summed E-state index contributed by atoms with van der Waals surface area (Å²) >= 11 is 5.33. The lowest BCUT2D eigenvalue weighted by molar-refractivity contribution is 0.137. The van der Waals surface area contributed by atoms with E-state index in [2.05, 4.69) is 0 Å². The van der Waals surface area contributed by atoms with Crippen LogP contribution in [-0.2, 0) is 0 Å². The van der Waals surface area contributed by atoms with Crippen LogP contribution >= 0.6 is 11.6 Å². The highest BCUT2D eigenvalue weighted by Gasteiger charge is 1.80. The van der Waals surface area contributed by atoms with Crippen LogP contribution in [0.4, 0.5) is 4.79 Å². The van der Waals surface area contributed by atoms with E-state index in [0.717, 1.165) is 12.8 Å². The number of nitrogens with zero attached hydrogens (tertiary/aromatic N) is 1. The average Bonchev–Trinajstić information content (AvgIpc) is 1.88. The standard InChI is InChI=1S/C5H8ClN.CH2O3/c6-4-2-1-3-5-7;2-1(3)4/h1-4H2;(H2,2,3,4). The Balaban J connectivity index is 0. The van der Waals surface area contributed by atoms with E-state index in [9.17, 15) is 0 Å². The van der Waals surface area contributed by atoms with Gasteiger partial charge in [-0.25, -0.2) is 4.79 Å². The fourth-order valence-electron chi connectivity index (χ4n) is 0.299. The van der Waals surface area contributed by atoms with Crippen molar-refractivity contribution >= 4 is 17.8 Å². The fourth-order valence-corrected chi connectivity index (χ4v) is 0.488. The van der Waals surface area contributed by atoms with Gasteiger partial charge in [-0.2, -0.15) is 5.26 Å². The lowest BCUT2D eigenvalue weighted by Gasteiger charge is -1.83. The molecule has 0 rings (SSSR count). The Labute approximate surface area is 70.0 Å². The number of carbonyl (C=O) groups is 1. The maximum atomic E-state index is 8.56. The maximum absolute atomic E-state index is 8.56. The SMILES string of the molecule is N#CCCCCCl.O=C(O)O. The van der Waals surface area contributed by atoms with Gasteiger partial charge in [-0.3, -0.25) is 0 Å². The molecule has 0 radical (unpaired) electrons. The lowest BCUT2D eigenvalue weighted by Crippen LogP contribution is -1.81. The summed E-state index contributed by atoms with van der Waals surface area (Å²) in [6, 6.07) is 2.04.